The van der Waals surface area contributed by atoms with Crippen LogP contribution >= 0.6 is 0 Å². The number of nitrogens with one attached hydrogen (secondary N) is 1. The van der Waals surface area contributed by atoms with Gasteiger partial charge in [0.1, 0.15) is 5.60 Å². The molecule has 1 aromatic carbocycles. The van der Waals surface area contributed by atoms with E-state index in [0.29, 0.717) is 37.1 Å². The van der Waals surface area contributed by atoms with Crippen molar-refractivity contribution < 1.29 is 28.2 Å². The maximum Gasteiger partial charge on any atom is 0.352 e. The number of aliphatic hydroxyl groups is 1. The second-order valence-electron chi connectivity index (χ2n) is 8.16. The summed E-state index contributed by atoms with van der Waals surface area (Å²) in [4.78, 5) is 26.4. The monoisotopic (exact) mass is 410 g/mol. The molecule has 1 aliphatic carbocycles. The van der Waals surface area contributed by atoms with E-state index in [1.165, 1.54) is 0 Å². The highest BCUT2D eigenvalue weighted by Gasteiger charge is 2.58. The number of benzene rings is 1. The fourth-order valence-corrected chi connectivity index (χ4v) is 4.07. The van der Waals surface area contributed by atoms with Gasteiger partial charge < -0.3 is 20.1 Å². The molecule has 0 spiro atoms. The van der Waals surface area contributed by atoms with Crippen molar-refractivity contribution in [2.45, 2.75) is 69.8 Å². The molecule has 29 heavy (non-hydrogen) atoms. The molecule has 2 N–H and O–H groups in total. The zero-order valence-electron chi connectivity index (χ0n) is 16.8. The summed E-state index contributed by atoms with van der Waals surface area (Å²) in [6.45, 7) is 4.75. The fraction of sp³-hybridized carbons (Fsp3) is 0.619. The van der Waals surface area contributed by atoms with Crippen molar-refractivity contribution >= 4 is 11.8 Å². The first-order valence-electron chi connectivity index (χ1n) is 10.0. The van der Waals surface area contributed by atoms with Crippen LogP contribution in [-0.2, 0) is 16.1 Å². The normalized spacial score (nSPS) is 24.4. The second kappa shape index (κ2) is 8.36. The summed E-state index contributed by atoms with van der Waals surface area (Å²) in [5.41, 5.74) is -1.18. The Hall–Kier alpha value is -2.06. The number of alkyl halides is 2. The van der Waals surface area contributed by atoms with Crippen LogP contribution in [0, 0.1) is 0 Å². The number of nitrogens with zero attached hydrogens (tertiary/aromatic N) is 1. The summed E-state index contributed by atoms with van der Waals surface area (Å²) in [6, 6.07) is 6.50. The van der Waals surface area contributed by atoms with Crippen molar-refractivity contribution in [3.8, 4) is 0 Å². The molecular formula is C21H28F2N2O4. The van der Waals surface area contributed by atoms with E-state index >= 15 is 0 Å². The van der Waals surface area contributed by atoms with E-state index in [4.69, 9.17) is 4.74 Å². The number of morpholine rings is 1. The lowest BCUT2D eigenvalue weighted by Crippen LogP contribution is -2.55. The molecule has 0 radical (unpaired) electrons. The van der Waals surface area contributed by atoms with Gasteiger partial charge >= 0.3 is 5.92 Å². The molecular weight excluding hydrogens is 382 g/mol. The lowest BCUT2D eigenvalue weighted by atomic mass is 9.93. The highest BCUT2D eigenvalue weighted by atomic mass is 19.3. The predicted molar refractivity (Wildman–Crippen MR) is 103 cm³/mol. The molecule has 8 heteroatoms. The average molecular weight is 410 g/mol. The SMILES string of the molecule is CC1CN(C(=O)c2ccc(CNC(=O)C(F)(F)C3(O)CCCC3)cc2)CC(C)O1. The number of hydrogen-bond acceptors (Lipinski definition) is 4. The van der Waals surface area contributed by atoms with E-state index < -0.39 is 17.4 Å². The maximum absolute atomic E-state index is 14.3. The van der Waals surface area contributed by atoms with Gasteiger partial charge in [0.15, 0.2) is 0 Å². The minimum absolute atomic E-state index is 0.0338. The van der Waals surface area contributed by atoms with Crippen LogP contribution in [0.1, 0.15) is 55.5 Å². The molecule has 0 aromatic heterocycles. The van der Waals surface area contributed by atoms with Crippen LogP contribution in [0.3, 0.4) is 0 Å². The first kappa shape index (κ1) is 21.6. The van der Waals surface area contributed by atoms with E-state index in [1.807, 2.05) is 13.8 Å². The molecule has 1 saturated carbocycles. The zero-order chi connectivity index (χ0) is 21.2. The van der Waals surface area contributed by atoms with Crippen molar-refractivity contribution in [3.05, 3.63) is 35.4 Å². The van der Waals surface area contributed by atoms with Crippen LogP contribution in [-0.4, -0.2) is 58.6 Å². The fourth-order valence-electron chi connectivity index (χ4n) is 4.07. The van der Waals surface area contributed by atoms with Gasteiger partial charge in [-0.05, 0) is 44.4 Å². The zero-order valence-corrected chi connectivity index (χ0v) is 16.8. The minimum Gasteiger partial charge on any atom is -0.383 e. The van der Waals surface area contributed by atoms with Crippen molar-refractivity contribution in [1.82, 2.24) is 10.2 Å². The Morgan fingerprint density at radius 1 is 1.17 bits per heavy atom. The average Bonchev–Trinajstić information content (AvgIpc) is 3.13. The molecule has 160 valence electrons. The van der Waals surface area contributed by atoms with Gasteiger partial charge in [0.25, 0.3) is 11.8 Å². The van der Waals surface area contributed by atoms with Crippen LogP contribution in [0.15, 0.2) is 24.3 Å². The predicted octanol–water partition coefficient (Wildman–Crippen LogP) is 2.49. The molecule has 1 heterocycles. The van der Waals surface area contributed by atoms with Crippen LogP contribution in [0.25, 0.3) is 0 Å². The molecule has 2 atom stereocenters. The standard InChI is InChI=1S/C21H28F2N2O4/c1-14-12-25(13-15(2)29-14)18(26)17-7-5-16(6-8-17)11-24-19(27)21(22,23)20(28)9-3-4-10-20/h5-8,14-15,28H,3-4,9-13H2,1-2H3,(H,24,27). The van der Waals surface area contributed by atoms with Gasteiger partial charge in [-0.15, -0.1) is 0 Å². The molecule has 0 bridgehead atoms. The van der Waals surface area contributed by atoms with Gasteiger partial charge in [-0.3, -0.25) is 9.59 Å². The third-order valence-corrected chi connectivity index (χ3v) is 5.66. The summed E-state index contributed by atoms with van der Waals surface area (Å²) in [5.74, 6) is -5.42. The molecule has 1 saturated heterocycles. The molecule has 2 aliphatic rings. The Morgan fingerprint density at radius 3 is 2.28 bits per heavy atom. The molecule has 6 nitrogen and oxygen atoms in total. The van der Waals surface area contributed by atoms with Crippen molar-refractivity contribution in [3.63, 3.8) is 0 Å². The highest BCUT2D eigenvalue weighted by Crippen LogP contribution is 2.42. The van der Waals surface area contributed by atoms with Crippen LogP contribution < -0.4 is 5.32 Å². The molecule has 2 unspecified atom stereocenters. The Kier molecular flexibility index (Phi) is 6.24. The minimum atomic E-state index is -3.83. The Balaban J connectivity index is 1.58. The number of carbonyl (C=O) groups is 2. The Labute approximate surface area is 169 Å². The summed E-state index contributed by atoms with van der Waals surface area (Å²) < 4.78 is 34.3. The van der Waals surface area contributed by atoms with Crippen LogP contribution in [0.4, 0.5) is 8.78 Å². The third kappa shape index (κ3) is 4.59. The van der Waals surface area contributed by atoms with Crippen LogP contribution in [0.5, 0.6) is 0 Å². The summed E-state index contributed by atoms with van der Waals surface area (Å²) in [5, 5.41) is 12.3. The van der Waals surface area contributed by atoms with Crippen molar-refractivity contribution in [1.29, 1.82) is 0 Å². The summed E-state index contributed by atoms with van der Waals surface area (Å²) >= 11 is 0. The van der Waals surface area contributed by atoms with Crippen LogP contribution in [0.2, 0.25) is 0 Å². The third-order valence-electron chi connectivity index (χ3n) is 5.66. The van der Waals surface area contributed by atoms with E-state index in [2.05, 4.69) is 5.32 Å². The smallest absolute Gasteiger partial charge is 0.352 e. The topological polar surface area (TPSA) is 78.9 Å². The van der Waals surface area contributed by atoms with E-state index in [0.717, 1.165) is 0 Å². The highest BCUT2D eigenvalue weighted by molar-refractivity contribution is 5.94. The Bertz CT molecular complexity index is 738. The number of halogens is 2. The van der Waals surface area contributed by atoms with E-state index in [-0.39, 0.29) is 37.5 Å². The molecule has 3 rings (SSSR count). The first-order valence-corrected chi connectivity index (χ1v) is 10.0. The van der Waals surface area contributed by atoms with Gasteiger partial charge in [0, 0.05) is 25.2 Å². The number of ether oxygens (including phenoxy) is 1. The van der Waals surface area contributed by atoms with E-state index in [9.17, 15) is 23.5 Å². The summed E-state index contributed by atoms with van der Waals surface area (Å²) in [6.07, 6.45) is 0.735. The lowest BCUT2D eigenvalue weighted by Gasteiger charge is -2.35. The van der Waals surface area contributed by atoms with Gasteiger partial charge in [-0.25, -0.2) is 0 Å². The van der Waals surface area contributed by atoms with Crippen molar-refractivity contribution in [2.24, 2.45) is 0 Å². The van der Waals surface area contributed by atoms with Gasteiger partial charge in [-0.1, -0.05) is 25.0 Å². The summed E-state index contributed by atoms with van der Waals surface area (Å²) in [7, 11) is 0. The lowest BCUT2D eigenvalue weighted by molar-refractivity contribution is -0.191. The largest absolute Gasteiger partial charge is 0.383 e. The van der Waals surface area contributed by atoms with Gasteiger partial charge in [0.2, 0.25) is 0 Å². The van der Waals surface area contributed by atoms with Gasteiger partial charge in [0.05, 0.1) is 12.2 Å². The number of hydrogen-bond donors (Lipinski definition) is 2. The van der Waals surface area contributed by atoms with Gasteiger partial charge in [-0.2, -0.15) is 8.78 Å². The molecule has 2 amide bonds. The first-order chi connectivity index (χ1) is 13.6. The number of amides is 2. The number of carbonyl (C=O) groups excluding carboxylic acids is 2. The quantitative estimate of drug-likeness (QED) is 0.782. The second-order valence-corrected chi connectivity index (χ2v) is 8.16. The maximum atomic E-state index is 14.3. The van der Waals surface area contributed by atoms with Crippen molar-refractivity contribution in [2.75, 3.05) is 13.1 Å². The number of rotatable bonds is 5. The molecule has 1 aliphatic heterocycles. The Morgan fingerprint density at radius 2 is 1.72 bits per heavy atom. The van der Waals surface area contributed by atoms with E-state index in [1.54, 1.807) is 29.2 Å². The molecule has 1 aromatic rings. The molecule has 2 fully saturated rings.